The average Bonchev–Trinajstić information content (AvgIpc) is 2.76. The molecule has 0 radical (unpaired) electrons. The van der Waals surface area contributed by atoms with Crippen molar-refractivity contribution in [3.8, 4) is 5.75 Å². The quantitative estimate of drug-likeness (QED) is 0.581. The van der Waals surface area contributed by atoms with E-state index in [1.54, 1.807) is 0 Å². The van der Waals surface area contributed by atoms with E-state index in [0.717, 1.165) is 25.7 Å². The van der Waals surface area contributed by atoms with Crippen molar-refractivity contribution in [2.45, 2.75) is 31.8 Å². The molecule has 0 bridgehead atoms. The third-order valence-corrected chi connectivity index (χ3v) is 2.70. The SMILES string of the molecule is O=C=Nc1cccc(F)c1OC1CCCC1. The van der Waals surface area contributed by atoms with Gasteiger partial charge in [-0.3, -0.25) is 0 Å². The van der Waals surface area contributed by atoms with Gasteiger partial charge in [0.15, 0.2) is 11.6 Å². The molecule has 1 aliphatic carbocycles. The van der Waals surface area contributed by atoms with E-state index < -0.39 is 5.82 Å². The maximum absolute atomic E-state index is 13.5. The van der Waals surface area contributed by atoms with Crippen LogP contribution in [0, 0.1) is 5.82 Å². The molecule has 0 saturated heterocycles. The summed E-state index contributed by atoms with van der Waals surface area (Å²) in [5, 5.41) is 0. The highest BCUT2D eigenvalue weighted by Crippen LogP contribution is 2.33. The van der Waals surface area contributed by atoms with Crippen molar-refractivity contribution in [1.29, 1.82) is 0 Å². The third kappa shape index (κ3) is 2.28. The Morgan fingerprint density at radius 3 is 2.81 bits per heavy atom. The van der Waals surface area contributed by atoms with Crippen LogP contribution in [0.5, 0.6) is 5.75 Å². The van der Waals surface area contributed by atoms with Crippen molar-refractivity contribution in [3.05, 3.63) is 24.0 Å². The number of hydrogen-bond donors (Lipinski definition) is 0. The van der Waals surface area contributed by atoms with Crippen molar-refractivity contribution >= 4 is 11.8 Å². The second-order valence-electron chi connectivity index (χ2n) is 3.82. The molecule has 84 valence electrons. The summed E-state index contributed by atoms with van der Waals surface area (Å²) in [6, 6.07) is 4.33. The third-order valence-electron chi connectivity index (χ3n) is 2.70. The van der Waals surface area contributed by atoms with Gasteiger partial charge in [0.2, 0.25) is 6.08 Å². The van der Waals surface area contributed by atoms with Gasteiger partial charge in [0.05, 0.1) is 6.10 Å². The van der Waals surface area contributed by atoms with Crippen LogP contribution in [-0.4, -0.2) is 12.2 Å². The lowest BCUT2D eigenvalue weighted by Gasteiger charge is -2.14. The molecule has 2 rings (SSSR count). The summed E-state index contributed by atoms with van der Waals surface area (Å²) in [5.74, 6) is -0.416. The molecule has 0 N–H and O–H groups in total. The summed E-state index contributed by atoms with van der Waals surface area (Å²) < 4.78 is 19.1. The average molecular weight is 221 g/mol. The van der Waals surface area contributed by atoms with Crippen LogP contribution >= 0.6 is 0 Å². The number of carbonyl (C=O) groups excluding carboxylic acids is 1. The Bertz CT molecular complexity index is 421. The highest BCUT2D eigenvalue weighted by atomic mass is 19.1. The Labute approximate surface area is 93.0 Å². The number of benzene rings is 1. The first-order chi connectivity index (χ1) is 7.81. The Morgan fingerprint density at radius 2 is 2.12 bits per heavy atom. The first-order valence-corrected chi connectivity index (χ1v) is 5.34. The van der Waals surface area contributed by atoms with E-state index in [9.17, 15) is 9.18 Å². The summed E-state index contributed by atoms with van der Waals surface area (Å²) in [5.41, 5.74) is 0.210. The van der Waals surface area contributed by atoms with E-state index in [-0.39, 0.29) is 17.5 Å². The molecule has 1 aromatic rings. The van der Waals surface area contributed by atoms with Gasteiger partial charge in [-0.25, -0.2) is 9.18 Å². The largest absolute Gasteiger partial charge is 0.485 e. The fourth-order valence-corrected chi connectivity index (χ4v) is 1.92. The lowest BCUT2D eigenvalue weighted by Crippen LogP contribution is -2.11. The summed E-state index contributed by atoms with van der Waals surface area (Å²) in [6.45, 7) is 0. The predicted octanol–water partition coefficient (Wildman–Crippen LogP) is 3.11. The van der Waals surface area contributed by atoms with Crippen LogP contribution in [0.15, 0.2) is 23.2 Å². The van der Waals surface area contributed by atoms with Crippen LogP contribution in [0.1, 0.15) is 25.7 Å². The van der Waals surface area contributed by atoms with Crippen molar-refractivity contribution < 1.29 is 13.9 Å². The fourth-order valence-electron chi connectivity index (χ4n) is 1.92. The number of ether oxygens (including phenoxy) is 1. The highest BCUT2D eigenvalue weighted by molar-refractivity contribution is 5.58. The van der Waals surface area contributed by atoms with Crippen LogP contribution in [0.25, 0.3) is 0 Å². The van der Waals surface area contributed by atoms with E-state index in [4.69, 9.17) is 4.74 Å². The number of para-hydroxylation sites is 1. The number of rotatable bonds is 3. The molecule has 1 saturated carbocycles. The molecule has 0 heterocycles. The van der Waals surface area contributed by atoms with E-state index in [2.05, 4.69) is 4.99 Å². The second-order valence-corrected chi connectivity index (χ2v) is 3.82. The Morgan fingerprint density at radius 1 is 1.38 bits per heavy atom. The van der Waals surface area contributed by atoms with Crippen LogP contribution in [0.4, 0.5) is 10.1 Å². The predicted molar refractivity (Wildman–Crippen MR) is 57.1 cm³/mol. The summed E-state index contributed by atoms with van der Waals surface area (Å²) in [7, 11) is 0. The molecule has 1 aliphatic rings. The maximum Gasteiger partial charge on any atom is 0.240 e. The molecule has 0 amide bonds. The topological polar surface area (TPSA) is 38.7 Å². The molecule has 4 heteroatoms. The molecule has 0 aromatic heterocycles. The van der Waals surface area contributed by atoms with Gasteiger partial charge in [0, 0.05) is 0 Å². The maximum atomic E-state index is 13.5. The van der Waals surface area contributed by atoms with Crippen molar-refractivity contribution in [1.82, 2.24) is 0 Å². The molecular weight excluding hydrogens is 209 g/mol. The van der Waals surface area contributed by atoms with Crippen LogP contribution in [-0.2, 0) is 4.79 Å². The van der Waals surface area contributed by atoms with Gasteiger partial charge in [-0.1, -0.05) is 6.07 Å². The smallest absolute Gasteiger partial charge is 0.240 e. The minimum Gasteiger partial charge on any atom is -0.485 e. The molecule has 0 spiro atoms. The molecule has 0 atom stereocenters. The second kappa shape index (κ2) is 4.90. The zero-order chi connectivity index (χ0) is 11.4. The van der Waals surface area contributed by atoms with E-state index >= 15 is 0 Å². The number of aliphatic imine (C=N–C) groups is 1. The van der Waals surface area contributed by atoms with Crippen LogP contribution in [0.2, 0.25) is 0 Å². The minimum absolute atomic E-state index is 0.0394. The first kappa shape index (κ1) is 10.8. The molecule has 1 aromatic carbocycles. The Kier molecular flexibility index (Phi) is 3.32. The van der Waals surface area contributed by atoms with Gasteiger partial charge in [-0.15, -0.1) is 0 Å². The number of hydrogen-bond acceptors (Lipinski definition) is 3. The molecular formula is C12H12FNO2. The van der Waals surface area contributed by atoms with E-state index in [1.165, 1.54) is 24.3 Å². The zero-order valence-electron chi connectivity index (χ0n) is 8.78. The fraction of sp³-hybridized carbons (Fsp3) is 0.417. The molecule has 1 fully saturated rings. The van der Waals surface area contributed by atoms with Gasteiger partial charge in [0.1, 0.15) is 5.69 Å². The molecule has 16 heavy (non-hydrogen) atoms. The Hall–Kier alpha value is -1.67. The first-order valence-electron chi connectivity index (χ1n) is 5.34. The molecule has 3 nitrogen and oxygen atoms in total. The number of halogens is 1. The molecule has 0 unspecified atom stereocenters. The zero-order valence-corrected chi connectivity index (χ0v) is 8.78. The van der Waals surface area contributed by atoms with E-state index in [1.807, 2.05) is 0 Å². The number of nitrogens with zero attached hydrogens (tertiary/aromatic N) is 1. The van der Waals surface area contributed by atoms with Crippen molar-refractivity contribution in [2.75, 3.05) is 0 Å². The van der Waals surface area contributed by atoms with Gasteiger partial charge < -0.3 is 4.74 Å². The van der Waals surface area contributed by atoms with Crippen LogP contribution < -0.4 is 4.74 Å². The van der Waals surface area contributed by atoms with Gasteiger partial charge >= 0.3 is 0 Å². The standard InChI is InChI=1S/C12H12FNO2/c13-10-6-3-7-11(14-8-15)12(10)16-9-4-1-2-5-9/h3,6-7,9H,1-2,4-5H2. The highest BCUT2D eigenvalue weighted by Gasteiger charge is 2.20. The molecule has 0 aliphatic heterocycles. The summed E-state index contributed by atoms with van der Waals surface area (Å²) in [4.78, 5) is 13.6. The van der Waals surface area contributed by atoms with Gasteiger partial charge in [0.25, 0.3) is 0 Å². The van der Waals surface area contributed by atoms with Gasteiger partial charge in [-0.2, -0.15) is 4.99 Å². The lowest BCUT2D eigenvalue weighted by molar-refractivity contribution is 0.202. The van der Waals surface area contributed by atoms with Crippen molar-refractivity contribution in [3.63, 3.8) is 0 Å². The van der Waals surface area contributed by atoms with Crippen LogP contribution in [0.3, 0.4) is 0 Å². The number of isocyanates is 1. The monoisotopic (exact) mass is 221 g/mol. The van der Waals surface area contributed by atoms with Crippen molar-refractivity contribution in [2.24, 2.45) is 4.99 Å². The normalized spacial score (nSPS) is 15.8. The summed E-state index contributed by atoms with van der Waals surface area (Å²) >= 11 is 0. The Balaban J connectivity index is 2.26. The lowest BCUT2D eigenvalue weighted by atomic mass is 10.2. The van der Waals surface area contributed by atoms with Gasteiger partial charge in [-0.05, 0) is 37.8 Å². The summed E-state index contributed by atoms with van der Waals surface area (Å²) in [6.07, 6.45) is 5.51. The van der Waals surface area contributed by atoms with E-state index in [0.29, 0.717) is 0 Å². The minimum atomic E-state index is -0.483.